The predicted octanol–water partition coefficient (Wildman–Crippen LogP) is 3.66. The normalized spacial score (nSPS) is 13.0. The van der Waals surface area contributed by atoms with Gasteiger partial charge in [-0.15, -0.1) is 12.4 Å². The number of halogens is 5. The minimum Gasteiger partial charge on any atom is -0.396 e. The molecule has 0 bridgehead atoms. The van der Waals surface area contributed by atoms with E-state index in [4.69, 9.17) is 10.8 Å². The highest BCUT2D eigenvalue weighted by Crippen LogP contribution is 2.33. The van der Waals surface area contributed by atoms with Crippen LogP contribution in [-0.2, 0) is 6.18 Å². The first kappa shape index (κ1) is 17.7. The lowest BCUT2D eigenvalue weighted by atomic mass is 10.0. The third-order valence-electron chi connectivity index (χ3n) is 2.35. The first-order valence-corrected chi connectivity index (χ1v) is 5.88. The van der Waals surface area contributed by atoms with Crippen LogP contribution in [0.3, 0.4) is 0 Å². The minimum absolute atomic E-state index is 0. The van der Waals surface area contributed by atoms with Crippen LogP contribution in [0.4, 0.5) is 13.2 Å². The SMILES string of the molecule is Cl.N[C@H](CCCO)c1cc(Br)cc(C(F)(F)F)c1. The first-order valence-electron chi connectivity index (χ1n) is 5.08. The molecule has 0 saturated heterocycles. The number of hydrogen-bond donors (Lipinski definition) is 2. The van der Waals surface area contributed by atoms with Gasteiger partial charge in [-0.25, -0.2) is 0 Å². The molecule has 0 saturated carbocycles. The van der Waals surface area contributed by atoms with Gasteiger partial charge in [-0.2, -0.15) is 13.2 Å². The molecule has 0 unspecified atom stereocenters. The van der Waals surface area contributed by atoms with Crippen LogP contribution in [0, 0.1) is 0 Å². The highest BCUT2D eigenvalue weighted by Gasteiger charge is 2.31. The molecule has 0 amide bonds. The molecule has 0 aliphatic carbocycles. The Morgan fingerprint density at radius 1 is 1.28 bits per heavy atom. The monoisotopic (exact) mass is 347 g/mol. The molecule has 7 heteroatoms. The van der Waals surface area contributed by atoms with Gasteiger partial charge in [-0.1, -0.05) is 15.9 Å². The van der Waals surface area contributed by atoms with Gasteiger partial charge in [0, 0.05) is 17.1 Å². The number of alkyl halides is 3. The van der Waals surface area contributed by atoms with E-state index in [-0.39, 0.29) is 19.0 Å². The molecule has 0 spiro atoms. The topological polar surface area (TPSA) is 46.2 Å². The second-order valence-electron chi connectivity index (χ2n) is 3.74. The Hall–Kier alpha value is -0.300. The average Bonchev–Trinajstić information content (AvgIpc) is 2.23. The molecule has 2 nitrogen and oxygen atoms in total. The minimum atomic E-state index is -4.38. The maximum absolute atomic E-state index is 12.6. The van der Waals surface area contributed by atoms with Crippen molar-refractivity contribution in [2.24, 2.45) is 5.73 Å². The Bertz CT molecular complexity index is 387. The van der Waals surface area contributed by atoms with E-state index in [1.54, 1.807) is 6.07 Å². The van der Waals surface area contributed by atoms with Crippen molar-refractivity contribution in [3.05, 3.63) is 33.8 Å². The van der Waals surface area contributed by atoms with Crippen LogP contribution < -0.4 is 5.73 Å². The van der Waals surface area contributed by atoms with Crippen molar-refractivity contribution in [1.82, 2.24) is 0 Å². The molecule has 0 fully saturated rings. The highest BCUT2D eigenvalue weighted by molar-refractivity contribution is 9.10. The van der Waals surface area contributed by atoms with E-state index in [0.29, 0.717) is 22.9 Å². The summed E-state index contributed by atoms with van der Waals surface area (Å²) in [5.41, 5.74) is 5.46. The van der Waals surface area contributed by atoms with Gasteiger partial charge in [0.15, 0.2) is 0 Å². The molecule has 0 heterocycles. The van der Waals surface area contributed by atoms with Crippen molar-refractivity contribution in [2.75, 3.05) is 6.61 Å². The van der Waals surface area contributed by atoms with Gasteiger partial charge in [0.25, 0.3) is 0 Å². The van der Waals surface area contributed by atoms with Gasteiger partial charge < -0.3 is 10.8 Å². The number of hydrogen-bond acceptors (Lipinski definition) is 2. The highest BCUT2D eigenvalue weighted by atomic mass is 79.9. The predicted molar refractivity (Wildman–Crippen MR) is 69.6 cm³/mol. The molecular weight excluding hydrogens is 334 g/mol. The summed E-state index contributed by atoms with van der Waals surface area (Å²) in [5.74, 6) is 0. The number of aliphatic hydroxyl groups excluding tert-OH is 1. The number of benzene rings is 1. The molecule has 0 radical (unpaired) electrons. The van der Waals surface area contributed by atoms with Crippen molar-refractivity contribution in [3.8, 4) is 0 Å². The Morgan fingerprint density at radius 3 is 2.39 bits per heavy atom. The van der Waals surface area contributed by atoms with E-state index in [1.807, 2.05) is 0 Å². The van der Waals surface area contributed by atoms with Crippen molar-refractivity contribution >= 4 is 28.3 Å². The Morgan fingerprint density at radius 2 is 1.89 bits per heavy atom. The third kappa shape index (κ3) is 5.14. The summed E-state index contributed by atoms with van der Waals surface area (Å²) in [6.07, 6.45) is -3.46. The van der Waals surface area contributed by atoms with E-state index in [2.05, 4.69) is 15.9 Å². The molecule has 18 heavy (non-hydrogen) atoms. The molecule has 0 aromatic heterocycles. The summed E-state index contributed by atoms with van der Waals surface area (Å²) in [7, 11) is 0. The molecule has 0 aliphatic heterocycles. The number of nitrogens with two attached hydrogens (primary N) is 1. The molecule has 1 aromatic rings. The van der Waals surface area contributed by atoms with E-state index < -0.39 is 17.8 Å². The van der Waals surface area contributed by atoms with Crippen LogP contribution in [0.15, 0.2) is 22.7 Å². The lowest BCUT2D eigenvalue weighted by Gasteiger charge is -2.15. The second-order valence-corrected chi connectivity index (χ2v) is 4.66. The molecule has 0 aliphatic rings. The number of rotatable bonds is 4. The summed E-state index contributed by atoms with van der Waals surface area (Å²) in [6.45, 7) is -0.0200. The Balaban J connectivity index is 0.00000289. The lowest BCUT2D eigenvalue weighted by Crippen LogP contribution is -2.13. The standard InChI is InChI=1S/C11H13BrF3NO.ClH/c12-9-5-7(10(16)2-1-3-17)4-8(6-9)11(13,14)15;/h4-6,10,17H,1-3,16H2;1H/t10-;/m1./s1. The summed E-state index contributed by atoms with van der Waals surface area (Å²) in [5, 5.41) is 8.66. The quantitative estimate of drug-likeness (QED) is 0.872. The third-order valence-corrected chi connectivity index (χ3v) is 2.81. The molecule has 1 rings (SSSR count). The summed E-state index contributed by atoms with van der Waals surface area (Å²) in [4.78, 5) is 0. The van der Waals surface area contributed by atoms with Gasteiger partial charge in [0.05, 0.1) is 5.56 Å². The van der Waals surface area contributed by atoms with Crippen molar-refractivity contribution in [2.45, 2.75) is 25.1 Å². The summed E-state index contributed by atoms with van der Waals surface area (Å²) >= 11 is 3.04. The molecule has 3 N–H and O–H groups in total. The zero-order chi connectivity index (χ0) is 13.1. The first-order chi connectivity index (χ1) is 7.84. The fourth-order valence-corrected chi connectivity index (χ4v) is 1.98. The molecule has 104 valence electrons. The fourth-order valence-electron chi connectivity index (χ4n) is 1.47. The summed E-state index contributed by atoms with van der Waals surface area (Å²) < 4.78 is 38.0. The molecule has 1 atom stereocenters. The van der Waals surface area contributed by atoms with E-state index in [9.17, 15) is 13.2 Å². The van der Waals surface area contributed by atoms with Crippen LogP contribution in [-0.4, -0.2) is 11.7 Å². The van der Waals surface area contributed by atoms with Crippen LogP contribution in [0.1, 0.15) is 30.0 Å². The van der Waals surface area contributed by atoms with E-state index >= 15 is 0 Å². The van der Waals surface area contributed by atoms with Crippen LogP contribution in [0.5, 0.6) is 0 Å². The van der Waals surface area contributed by atoms with Crippen molar-refractivity contribution in [3.63, 3.8) is 0 Å². The van der Waals surface area contributed by atoms with Crippen LogP contribution in [0.2, 0.25) is 0 Å². The second kappa shape index (κ2) is 7.33. The Kier molecular flexibility index (Phi) is 7.21. The summed E-state index contributed by atoms with van der Waals surface area (Å²) in [6, 6.07) is 3.13. The molecular formula is C11H14BrClF3NO. The lowest BCUT2D eigenvalue weighted by molar-refractivity contribution is -0.137. The number of aliphatic hydroxyl groups is 1. The van der Waals surface area contributed by atoms with E-state index in [1.165, 1.54) is 0 Å². The van der Waals surface area contributed by atoms with Crippen LogP contribution >= 0.6 is 28.3 Å². The van der Waals surface area contributed by atoms with Gasteiger partial charge in [0.1, 0.15) is 0 Å². The maximum atomic E-state index is 12.6. The smallest absolute Gasteiger partial charge is 0.396 e. The van der Waals surface area contributed by atoms with Crippen molar-refractivity contribution in [1.29, 1.82) is 0 Å². The van der Waals surface area contributed by atoms with Gasteiger partial charge in [0.2, 0.25) is 0 Å². The average molecular weight is 349 g/mol. The fraction of sp³-hybridized carbons (Fsp3) is 0.455. The largest absolute Gasteiger partial charge is 0.416 e. The zero-order valence-corrected chi connectivity index (χ0v) is 11.8. The van der Waals surface area contributed by atoms with Crippen molar-refractivity contribution < 1.29 is 18.3 Å². The van der Waals surface area contributed by atoms with Crippen LogP contribution in [0.25, 0.3) is 0 Å². The van der Waals surface area contributed by atoms with E-state index in [0.717, 1.165) is 12.1 Å². The zero-order valence-electron chi connectivity index (χ0n) is 9.38. The maximum Gasteiger partial charge on any atom is 0.416 e. The molecule has 1 aromatic carbocycles. The van der Waals surface area contributed by atoms with Gasteiger partial charge in [-0.05, 0) is 36.6 Å². The van der Waals surface area contributed by atoms with Gasteiger partial charge >= 0.3 is 6.18 Å². The van der Waals surface area contributed by atoms with Gasteiger partial charge in [-0.3, -0.25) is 0 Å². The Labute approximate surface area is 118 Å².